The summed E-state index contributed by atoms with van der Waals surface area (Å²) in [7, 11) is 0. The number of aryl methyl sites for hydroxylation is 2. The Morgan fingerprint density at radius 1 is 0.903 bits per heavy atom. The van der Waals surface area contributed by atoms with E-state index < -0.39 is 0 Å². The minimum Gasteiger partial charge on any atom is -0.339 e. The van der Waals surface area contributed by atoms with E-state index in [1.54, 1.807) is 24.3 Å². The van der Waals surface area contributed by atoms with E-state index in [-0.39, 0.29) is 11.8 Å². The molecule has 1 saturated heterocycles. The van der Waals surface area contributed by atoms with Crippen LogP contribution in [0.4, 0.5) is 5.69 Å². The van der Waals surface area contributed by atoms with Gasteiger partial charge in [0, 0.05) is 35.6 Å². The molecular weight excluding hydrogens is 388 g/mol. The molecule has 0 radical (unpaired) electrons. The molecule has 160 valence electrons. The number of nitrogens with zero attached hydrogens (tertiary/aromatic N) is 3. The summed E-state index contributed by atoms with van der Waals surface area (Å²) in [6.07, 6.45) is 3.33. The van der Waals surface area contributed by atoms with E-state index in [9.17, 15) is 9.59 Å². The number of benzene rings is 2. The molecule has 0 saturated carbocycles. The van der Waals surface area contributed by atoms with Crippen LogP contribution in [0.3, 0.4) is 0 Å². The second kappa shape index (κ2) is 9.16. The van der Waals surface area contributed by atoms with Crippen LogP contribution in [0.1, 0.15) is 56.9 Å². The maximum Gasteiger partial charge on any atom is 0.255 e. The van der Waals surface area contributed by atoms with Crippen LogP contribution < -0.4 is 5.32 Å². The normalized spacial score (nSPS) is 13.8. The van der Waals surface area contributed by atoms with Crippen molar-refractivity contribution in [1.29, 1.82) is 0 Å². The number of aromatic nitrogens is 2. The summed E-state index contributed by atoms with van der Waals surface area (Å²) in [4.78, 5) is 27.1. The maximum atomic E-state index is 12.6. The zero-order chi connectivity index (χ0) is 21.8. The van der Waals surface area contributed by atoms with Crippen molar-refractivity contribution >= 4 is 17.5 Å². The Kier molecular flexibility index (Phi) is 6.16. The highest BCUT2D eigenvalue weighted by molar-refractivity contribution is 6.04. The lowest BCUT2D eigenvalue weighted by Gasteiger charge is -2.26. The van der Waals surface area contributed by atoms with Crippen molar-refractivity contribution in [2.24, 2.45) is 0 Å². The molecule has 31 heavy (non-hydrogen) atoms. The summed E-state index contributed by atoms with van der Waals surface area (Å²) in [5.74, 6) is -0.108. The number of hydrogen-bond acceptors (Lipinski definition) is 3. The third kappa shape index (κ3) is 5.02. The standard InChI is InChI=1S/C25H28N4O2/c1-18-16-19(2)29(27-18)17-20-6-8-21(9-7-20)24(30)26-23-12-10-22(11-13-23)25(31)28-14-4-3-5-15-28/h6-13,16H,3-5,14-15,17H2,1-2H3,(H,26,30). The second-order valence-electron chi connectivity index (χ2n) is 8.17. The molecule has 4 rings (SSSR count). The van der Waals surface area contributed by atoms with Crippen molar-refractivity contribution in [2.75, 3.05) is 18.4 Å². The predicted molar refractivity (Wildman–Crippen MR) is 121 cm³/mol. The first-order chi connectivity index (χ1) is 15.0. The zero-order valence-corrected chi connectivity index (χ0v) is 18.1. The van der Waals surface area contributed by atoms with E-state index in [4.69, 9.17) is 0 Å². The topological polar surface area (TPSA) is 67.2 Å². The molecule has 1 aliphatic rings. The van der Waals surface area contributed by atoms with Gasteiger partial charge in [0.2, 0.25) is 0 Å². The molecule has 1 fully saturated rings. The molecule has 6 heteroatoms. The lowest BCUT2D eigenvalue weighted by molar-refractivity contribution is 0.0724. The van der Waals surface area contributed by atoms with E-state index in [2.05, 4.69) is 10.4 Å². The minimum atomic E-state index is -0.173. The Balaban J connectivity index is 1.36. The molecule has 0 spiro atoms. The van der Waals surface area contributed by atoms with Gasteiger partial charge in [-0.2, -0.15) is 5.10 Å². The third-order valence-electron chi connectivity index (χ3n) is 5.68. The number of carbonyl (C=O) groups is 2. The summed E-state index contributed by atoms with van der Waals surface area (Å²) >= 11 is 0. The smallest absolute Gasteiger partial charge is 0.255 e. The van der Waals surface area contributed by atoms with Crippen LogP contribution >= 0.6 is 0 Å². The number of nitrogens with one attached hydrogen (secondary N) is 1. The van der Waals surface area contributed by atoms with Crippen LogP contribution in [0, 0.1) is 13.8 Å². The third-order valence-corrected chi connectivity index (χ3v) is 5.68. The van der Waals surface area contributed by atoms with Gasteiger partial charge < -0.3 is 10.2 Å². The lowest BCUT2D eigenvalue weighted by atomic mass is 10.1. The lowest BCUT2D eigenvalue weighted by Crippen LogP contribution is -2.35. The molecule has 6 nitrogen and oxygen atoms in total. The first kappa shape index (κ1) is 20.8. The van der Waals surface area contributed by atoms with Crippen LogP contribution in [0.5, 0.6) is 0 Å². The maximum absolute atomic E-state index is 12.6. The van der Waals surface area contributed by atoms with Crippen molar-refractivity contribution in [2.45, 2.75) is 39.7 Å². The number of rotatable bonds is 5. The van der Waals surface area contributed by atoms with Gasteiger partial charge in [0.1, 0.15) is 0 Å². The van der Waals surface area contributed by atoms with E-state index >= 15 is 0 Å². The summed E-state index contributed by atoms with van der Waals surface area (Å²) in [5, 5.41) is 7.38. The highest BCUT2D eigenvalue weighted by atomic mass is 16.2. The van der Waals surface area contributed by atoms with E-state index in [0.29, 0.717) is 23.4 Å². The summed E-state index contributed by atoms with van der Waals surface area (Å²) in [6, 6.07) is 16.7. The molecule has 1 N–H and O–H groups in total. The van der Waals surface area contributed by atoms with Crippen molar-refractivity contribution < 1.29 is 9.59 Å². The SMILES string of the molecule is Cc1cc(C)n(Cc2ccc(C(=O)Nc3ccc(C(=O)N4CCCCC4)cc3)cc2)n1. The van der Waals surface area contributed by atoms with Gasteiger partial charge in [0.25, 0.3) is 11.8 Å². The molecule has 1 aromatic heterocycles. The summed E-state index contributed by atoms with van der Waals surface area (Å²) in [6.45, 7) is 6.34. The highest BCUT2D eigenvalue weighted by Crippen LogP contribution is 2.17. The van der Waals surface area contributed by atoms with Crippen molar-refractivity contribution in [1.82, 2.24) is 14.7 Å². The molecule has 0 atom stereocenters. The van der Waals surface area contributed by atoms with Crippen molar-refractivity contribution in [3.63, 3.8) is 0 Å². The first-order valence-corrected chi connectivity index (χ1v) is 10.8. The van der Waals surface area contributed by atoms with Gasteiger partial charge >= 0.3 is 0 Å². The zero-order valence-electron chi connectivity index (χ0n) is 18.1. The fourth-order valence-corrected chi connectivity index (χ4v) is 3.95. The Hall–Kier alpha value is -3.41. The number of piperidine rings is 1. The van der Waals surface area contributed by atoms with Gasteiger partial charge in [0.05, 0.1) is 12.2 Å². The Morgan fingerprint density at radius 2 is 1.55 bits per heavy atom. The fourth-order valence-electron chi connectivity index (χ4n) is 3.95. The molecular formula is C25H28N4O2. The quantitative estimate of drug-likeness (QED) is 0.669. The number of hydrogen-bond donors (Lipinski definition) is 1. The van der Waals surface area contributed by atoms with Gasteiger partial charge in [-0.1, -0.05) is 12.1 Å². The van der Waals surface area contributed by atoms with E-state index in [1.807, 2.05) is 53.8 Å². The fraction of sp³-hybridized carbons (Fsp3) is 0.320. The van der Waals surface area contributed by atoms with Crippen molar-refractivity contribution in [3.8, 4) is 0 Å². The molecule has 1 aliphatic heterocycles. The Morgan fingerprint density at radius 3 is 2.16 bits per heavy atom. The number of amides is 2. The first-order valence-electron chi connectivity index (χ1n) is 10.8. The van der Waals surface area contributed by atoms with Gasteiger partial charge in [-0.05, 0) is 81.1 Å². The average molecular weight is 417 g/mol. The van der Waals surface area contributed by atoms with Crippen LogP contribution in [0.2, 0.25) is 0 Å². The van der Waals surface area contributed by atoms with Crippen LogP contribution in [-0.4, -0.2) is 39.6 Å². The molecule has 0 unspecified atom stereocenters. The molecule has 2 heterocycles. The number of likely N-dealkylation sites (tertiary alicyclic amines) is 1. The van der Waals surface area contributed by atoms with Gasteiger partial charge in [-0.3, -0.25) is 14.3 Å². The largest absolute Gasteiger partial charge is 0.339 e. The molecule has 3 aromatic rings. The monoisotopic (exact) mass is 416 g/mol. The molecule has 0 bridgehead atoms. The van der Waals surface area contributed by atoms with Crippen molar-refractivity contribution in [3.05, 3.63) is 82.7 Å². The highest BCUT2D eigenvalue weighted by Gasteiger charge is 2.18. The average Bonchev–Trinajstić information content (AvgIpc) is 3.11. The summed E-state index contributed by atoms with van der Waals surface area (Å²) in [5.41, 5.74) is 5.12. The minimum absolute atomic E-state index is 0.0655. The number of anilines is 1. The molecule has 2 amide bonds. The van der Waals surface area contributed by atoms with Gasteiger partial charge in [-0.25, -0.2) is 0 Å². The summed E-state index contributed by atoms with van der Waals surface area (Å²) < 4.78 is 1.96. The van der Waals surface area contributed by atoms with Gasteiger partial charge in [0.15, 0.2) is 0 Å². The van der Waals surface area contributed by atoms with Crippen LogP contribution in [-0.2, 0) is 6.54 Å². The molecule has 0 aliphatic carbocycles. The van der Waals surface area contributed by atoms with Crippen LogP contribution in [0.15, 0.2) is 54.6 Å². The van der Waals surface area contributed by atoms with Crippen LogP contribution in [0.25, 0.3) is 0 Å². The second-order valence-corrected chi connectivity index (χ2v) is 8.17. The Bertz CT molecular complexity index is 1060. The van der Waals surface area contributed by atoms with E-state index in [1.165, 1.54) is 6.42 Å². The predicted octanol–water partition coefficient (Wildman–Crippen LogP) is 4.43. The number of carbonyl (C=O) groups excluding carboxylic acids is 2. The van der Waals surface area contributed by atoms with E-state index in [0.717, 1.165) is 42.9 Å². The molecule has 2 aromatic carbocycles. The van der Waals surface area contributed by atoms with Gasteiger partial charge in [-0.15, -0.1) is 0 Å². The Labute approximate surface area is 182 Å².